The molecule has 2 aromatic rings. The fourth-order valence-electron chi connectivity index (χ4n) is 4.32. The van der Waals surface area contributed by atoms with E-state index in [0.29, 0.717) is 12.2 Å². The molecule has 0 radical (unpaired) electrons. The molecule has 2 aliphatic rings. The molecule has 1 aromatic carbocycles. The van der Waals surface area contributed by atoms with Crippen molar-refractivity contribution in [1.82, 2.24) is 9.47 Å². The summed E-state index contributed by atoms with van der Waals surface area (Å²) in [5.41, 5.74) is 4.36. The maximum atomic E-state index is 12.1. The van der Waals surface area contributed by atoms with Crippen molar-refractivity contribution >= 4 is 22.8 Å². The first-order valence-corrected chi connectivity index (χ1v) is 8.71. The first kappa shape index (κ1) is 15.2. The first-order chi connectivity index (χ1) is 11.6. The quantitative estimate of drug-likeness (QED) is 0.797. The number of carbonyl (C=O) groups is 2. The Morgan fingerprint density at radius 2 is 2.12 bits per heavy atom. The fourth-order valence-corrected chi connectivity index (χ4v) is 4.32. The van der Waals surface area contributed by atoms with Gasteiger partial charge < -0.3 is 14.2 Å². The average Bonchev–Trinajstić information content (AvgIpc) is 2.91. The van der Waals surface area contributed by atoms with Gasteiger partial charge in [0.15, 0.2) is 0 Å². The number of aryl methyl sites for hydroxylation is 1. The van der Waals surface area contributed by atoms with Gasteiger partial charge in [0.1, 0.15) is 0 Å². The predicted octanol–water partition coefficient (Wildman–Crippen LogP) is 3.06. The summed E-state index contributed by atoms with van der Waals surface area (Å²) >= 11 is 0. The number of benzene rings is 1. The van der Waals surface area contributed by atoms with E-state index in [0.717, 1.165) is 37.7 Å². The molecule has 2 heterocycles. The Bertz CT molecular complexity index is 837. The third kappa shape index (κ3) is 2.14. The third-order valence-electron chi connectivity index (χ3n) is 5.29. The third-order valence-corrected chi connectivity index (χ3v) is 5.29. The lowest BCUT2D eigenvalue weighted by Crippen LogP contribution is -2.42. The molecule has 0 saturated carbocycles. The number of esters is 1. The smallest absolute Gasteiger partial charge is 0.338 e. The molecule has 5 nitrogen and oxygen atoms in total. The van der Waals surface area contributed by atoms with Crippen LogP contribution in [0.25, 0.3) is 10.9 Å². The number of hydrogen-bond acceptors (Lipinski definition) is 3. The van der Waals surface area contributed by atoms with E-state index in [4.69, 9.17) is 4.74 Å². The molecule has 1 aliphatic carbocycles. The van der Waals surface area contributed by atoms with Crippen LogP contribution in [0.15, 0.2) is 18.2 Å². The predicted molar refractivity (Wildman–Crippen MR) is 91.0 cm³/mol. The molecule has 1 amide bonds. The molecular formula is C19H22N2O3. The summed E-state index contributed by atoms with van der Waals surface area (Å²) in [7, 11) is 0. The van der Waals surface area contributed by atoms with Gasteiger partial charge in [-0.2, -0.15) is 0 Å². The highest BCUT2D eigenvalue weighted by atomic mass is 16.5. The molecule has 4 rings (SSSR count). The van der Waals surface area contributed by atoms with Gasteiger partial charge in [-0.1, -0.05) is 0 Å². The van der Waals surface area contributed by atoms with Crippen LogP contribution in [0, 0.1) is 0 Å². The lowest BCUT2D eigenvalue weighted by Gasteiger charge is -2.39. The van der Waals surface area contributed by atoms with Gasteiger partial charge >= 0.3 is 5.97 Å². The van der Waals surface area contributed by atoms with E-state index in [-0.39, 0.29) is 17.9 Å². The zero-order chi connectivity index (χ0) is 16.8. The van der Waals surface area contributed by atoms with Gasteiger partial charge in [0.25, 0.3) is 0 Å². The van der Waals surface area contributed by atoms with Crippen molar-refractivity contribution in [2.24, 2.45) is 0 Å². The van der Waals surface area contributed by atoms with E-state index >= 15 is 0 Å². The second-order valence-electron chi connectivity index (χ2n) is 6.59. The second kappa shape index (κ2) is 5.65. The Morgan fingerprint density at radius 3 is 2.88 bits per heavy atom. The fraction of sp³-hybridized carbons (Fsp3) is 0.474. The van der Waals surface area contributed by atoms with Gasteiger partial charge in [-0.05, 0) is 49.9 Å². The molecule has 0 saturated heterocycles. The Balaban J connectivity index is 1.88. The van der Waals surface area contributed by atoms with Crippen molar-refractivity contribution < 1.29 is 14.3 Å². The normalized spacial score (nSPS) is 19.2. The standard InChI is InChI=1S/C19H22N2O3/c1-3-24-19(23)13-7-8-16-15(11-13)14-5-4-6-17-18(14)21(16)10-9-20(17)12(2)22/h7-8,11,17H,3-6,9-10H2,1-2H3. The SMILES string of the molecule is CCOC(=O)c1ccc2c(c1)c1c3n2CCN(C(C)=O)C3CCC1. The number of ether oxygens (including phenoxy) is 1. The van der Waals surface area contributed by atoms with Crippen LogP contribution in [-0.2, 0) is 22.5 Å². The van der Waals surface area contributed by atoms with Crippen LogP contribution in [0.1, 0.15) is 54.3 Å². The van der Waals surface area contributed by atoms with Crippen LogP contribution in [0.4, 0.5) is 0 Å². The molecule has 1 aliphatic heterocycles. The number of carbonyl (C=O) groups excluding carboxylic acids is 2. The highest BCUT2D eigenvalue weighted by molar-refractivity contribution is 5.96. The van der Waals surface area contributed by atoms with Crippen LogP contribution < -0.4 is 0 Å². The van der Waals surface area contributed by atoms with Gasteiger partial charge in [-0.25, -0.2) is 4.79 Å². The molecule has 1 atom stereocenters. The maximum Gasteiger partial charge on any atom is 0.338 e. The van der Waals surface area contributed by atoms with Crippen LogP contribution in [-0.4, -0.2) is 34.5 Å². The number of rotatable bonds is 2. The van der Waals surface area contributed by atoms with Gasteiger partial charge in [0, 0.05) is 36.6 Å². The lowest BCUT2D eigenvalue weighted by atomic mass is 9.89. The Kier molecular flexibility index (Phi) is 3.59. The second-order valence-corrected chi connectivity index (χ2v) is 6.59. The Morgan fingerprint density at radius 1 is 1.29 bits per heavy atom. The van der Waals surface area contributed by atoms with E-state index in [1.807, 2.05) is 30.0 Å². The monoisotopic (exact) mass is 326 g/mol. The van der Waals surface area contributed by atoms with E-state index in [2.05, 4.69) is 4.57 Å². The van der Waals surface area contributed by atoms with Crippen molar-refractivity contribution in [2.75, 3.05) is 13.2 Å². The van der Waals surface area contributed by atoms with Gasteiger partial charge in [-0.15, -0.1) is 0 Å². The lowest BCUT2D eigenvalue weighted by molar-refractivity contribution is -0.132. The number of nitrogens with zero attached hydrogens (tertiary/aromatic N) is 2. The Hall–Kier alpha value is -2.30. The number of aromatic nitrogens is 1. The molecule has 0 spiro atoms. The zero-order valence-electron chi connectivity index (χ0n) is 14.2. The molecule has 1 aromatic heterocycles. The largest absolute Gasteiger partial charge is 0.462 e. The molecule has 0 fully saturated rings. The molecule has 126 valence electrons. The van der Waals surface area contributed by atoms with Crippen molar-refractivity contribution in [3.8, 4) is 0 Å². The molecule has 0 bridgehead atoms. The molecular weight excluding hydrogens is 304 g/mol. The molecule has 0 N–H and O–H groups in total. The summed E-state index contributed by atoms with van der Waals surface area (Å²) < 4.78 is 7.49. The van der Waals surface area contributed by atoms with Gasteiger partial charge in [0.2, 0.25) is 5.91 Å². The summed E-state index contributed by atoms with van der Waals surface area (Å²) in [5.74, 6) is -0.120. The van der Waals surface area contributed by atoms with E-state index in [9.17, 15) is 9.59 Å². The summed E-state index contributed by atoms with van der Waals surface area (Å²) in [6, 6.07) is 6.02. The van der Waals surface area contributed by atoms with Gasteiger partial charge in [-0.3, -0.25) is 4.79 Å². The van der Waals surface area contributed by atoms with E-state index in [1.54, 1.807) is 6.92 Å². The van der Waals surface area contributed by atoms with Crippen molar-refractivity contribution in [3.05, 3.63) is 35.0 Å². The summed E-state index contributed by atoms with van der Waals surface area (Å²) in [6.07, 6.45) is 3.10. The number of fused-ring (bicyclic) bond motifs is 3. The van der Waals surface area contributed by atoms with E-state index < -0.39 is 0 Å². The number of amides is 1. The van der Waals surface area contributed by atoms with Crippen molar-refractivity contribution in [2.45, 2.75) is 45.7 Å². The van der Waals surface area contributed by atoms with Crippen LogP contribution in [0.3, 0.4) is 0 Å². The zero-order valence-corrected chi connectivity index (χ0v) is 14.2. The molecule has 1 unspecified atom stereocenters. The maximum absolute atomic E-state index is 12.1. The Labute approximate surface area is 141 Å². The van der Waals surface area contributed by atoms with Crippen molar-refractivity contribution in [1.29, 1.82) is 0 Å². The minimum absolute atomic E-state index is 0.150. The van der Waals surface area contributed by atoms with Crippen molar-refractivity contribution in [3.63, 3.8) is 0 Å². The summed E-state index contributed by atoms with van der Waals surface area (Å²) in [4.78, 5) is 26.1. The highest BCUT2D eigenvalue weighted by Crippen LogP contribution is 2.42. The van der Waals surface area contributed by atoms with E-state index in [1.165, 1.54) is 16.8 Å². The first-order valence-electron chi connectivity index (χ1n) is 8.71. The van der Waals surface area contributed by atoms with Gasteiger partial charge in [0.05, 0.1) is 18.2 Å². The topological polar surface area (TPSA) is 51.5 Å². The van der Waals surface area contributed by atoms with Crippen LogP contribution in [0.2, 0.25) is 0 Å². The molecule has 5 heteroatoms. The average molecular weight is 326 g/mol. The van der Waals surface area contributed by atoms with Crippen LogP contribution >= 0.6 is 0 Å². The highest BCUT2D eigenvalue weighted by Gasteiger charge is 2.35. The minimum atomic E-state index is -0.270. The van der Waals surface area contributed by atoms with Crippen LogP contribution in [0.5, 0.6) is 0 Å². The summed E-state index contributed by atoms with van der Waals surface area (Å²) in [5, 5.41) is 1.14. The minimum Gasteiger partial charge on any atom is -0.462 e. The summed E-state index contributed by atoms with van der Waals surface area (Å²) in [6.45, 7) is 5.44. The number of hydrogen-bond donors (Lipinski definition) is 0. The molecule has 24 heavy (non-hydrogen) atoms.